The van der Waals surface area contributed by atoms with Gasteiger partial charge in [0.25, 0.3) is 0 Å². The Hall–Kier alpha value is -0.420. The van der Waals surface area contributed by atoms with Crippen molar-refractivity contribution in [1.29, 1.82) is 0 Å². The highest BCUT2D eigenvalue weighted by Gasteiger charge is 2.50. The second kappa shape index (κ2) is 13.3. The smallest absolute Gasteiger partial charge is 0.218 e. The third kappa shape index (κ3) is 7.62. The molecule has 1 aromatic carbocycles. The summed E-state index contributed by atoms with van der Waals surface area (Å²) in [6.07, 6.45) is 14.8. The fraction of sp³-hybridized carbons (Fsp3) is 0.697. The summed E-state index contributed by atoms with van der Waals surface area (Å²) >= 11 is 7.67. The fourth-order valence-electron chi connectivity index (χ4n) is 5.71. The number of halogens is 2. The molecule has 0 unspecified atom stereocenters. The average molecular weight is 641 g/mol. The summed E-state index contributed by atoms with van der Waals surface area (Å²) in [4.78, 5) is 0. The molecule has 0 amide bonds. The molecule has 2 nitrogen and oxygen atoms in total. The van der Waals surface area contributed by atoms with Gasteiger partial charge in [-0.2, -0.15) is 0 Å². The van der Waals surface area contributed by atoms with Crippen LogP contribution in [0, 0.1) is 10.8 Å². The third-order valence-corrected chi connectivity index (χ3v) is 8.88. The molecule has 0 aliphatic heterocycles. The Morgan fingerprint density at radius 3 is 1.73 bits per heavy atom. The van der Waals surface area contributed by atoms with Gasteiger partial charge in [-0.25, -0.2) is 0 Å². The molecule has 0 bridgehead atoms. The van der Waals surface area contributed by atoms with Gasteiger partial charge >= 0.3 is 0 Å². The Bertz CT molecular complexity index is 930. The molecule has 0 atom stereocenters. The summed E-state index contributed by atoms with van der Waals surface area (Å²) in [5, 5.41) is 0. The lowest BCUT2D eigenvalue weighted by atomic mass is 9.64. The summed E-state index contributed by atoms with van der Waals surface area (Å²) in [5.74, 6) is -0.947. The number of allylic oxidation sites excluding steroid dienone is 2. The molecule has 0 saturated heterocycles. The van der Waals surface area contributed by atoms with E-state index in [1.807, 2.05) is 0 Å². The van der Waals surface area contributed by atoms with Gasteiger partial charge < -0.3 is 9.47 Å². The largest absolute Gasteiger partial charge is 0.346 e. The van der Waals surface area contributed by atoms with Gasteiger partial charge in [-0.1, -0.05) is 156 Å². The van der Waals surface area contributed by atoms with E-state index in [1.54, 1.807) is 14.2 Å². The Balaban J connectivity index is 2.97. The molecule has 0 heterocycles. The summed E-state index contributed by atoms with van der Waals surface area (Å²) in [6.45, 7) is 18.3. The van der Waals surface area contributed by atoms with Crippen molar-refractivity contribution in [2.75, 3.05) is 14.2 Å². The van der Waals surface area contributed by atoms with Crippen LogP contribution in [0.3, 0.4) is 0 Å². The van der Waals surface area contributed by atoms with E-state index in [0.29, 0.717) is 0 Å². The van der Waals surface area contributed by atoms with Crippen LogP contribution in [0.5, 0.6) is 0 Å². The third-order valence-electron chi connectivity index (χ3n) is 7.89. The van der Waals surface area contributed by atoms with Crippen LogP contribution in [0.2, 0.25) is 0 Å². The summed E-state index contributed by atoms with van der Waals surface area (Å²) < 4.78 is 12.9. The Kier molecular flexibility index (Phi) is 11.8. The van der Waals surface area contributed by atoms with Crippen molar-refractivity contribution >= 4 is 37.4 Å². The van der Waals surface area contributed by atoms with Gasteiger partial charge in [0.15, 0.2) is 0 Å². The Morgan fingerprint density at radius 1 is 0.784 bits per heavy atom. The highest BCUT2D eigenvalue weighted by Crippen LogP contribution is 2.55. The van der Waals surface area contributed by atoms with Crippen molar-refractivity contribution in [2.24, 2.45) is 10.8 Å². The maximum absolute atomic E-state index is 6.45. The zero-order valence-electron chi connectivity index (χ0n) is 25.2. The van der Waals surface area contributed by atoms with Crippen LogP contribution < -0.4 is 0 Å². The first kappa shape index (κ1) is 32.8. The standard InChI is InChI=1S/C33H52Br2O2/c1-11-13-15-19-32(20-16-14-12-2)22-27(33(36-9,37-10)28(23-32)31(6,7)8)26-21-24(30(3,4)5)17-18-25(26)29(34)35/h17-18,21-23,29H,11-16,19-20H2,1-10H3. The van der Waals surface area contributed by atoms with Gasteiger partial charge in [0.2, 0.25) is 5.79 Å². The molecular formula is C33H52Br2O2. The summed E-state index contributed by atoms with van der Waals surface area (Å²) in [6, 6.07) is 6.89. The lowest BCUT2D eigenvalue weighted by molar-refractivity contribution is -0.144. The zero-order valence-corrected chi connectivity index (χ0v) is 28.4. The molecule has 0 fully saturated rings. The van der Waals surface area contributed by atoms with E-state index in [4.69, 9.17) is 9.47 Å². The topological polar surface area (TPSA) is 18.5 Å². The molecule has 0 saturated carbocycles. The highest BCUT2D eigenvalue weighted by molar-refractivity contribution is 9.24. The van der Waals surface area contributed by atoms with Gasteiger partial charge in [-0.15, -0.1) is 0 Å². The van der Waals surface area contributed by atoms with Crippen molar-refractivity contribution in [2.45, 2.75) is 122 Å². The quantitative estimate of drug-likeness (QED) is 0.0980. The van der Waals surface area contributed by atoms with Crippen LogP contribution in [-0.2, 0) is 14.9 Å². The van der Waals surface area contributed by atoms with Gasteiger partial charge in [-0.3, -0.25) is 0 Å². The molecule has 210 valence electrons. The molecular weight excluding hydrogens is 588 g/mol. The summed E-state index contributed by atoms with van der Waals surface area (Å²) in [5.41, 5.74) is 5.95. The van der Waals surface area contributed by atoms with Gasteiger partial charge in [0.1, 0.15) is 0 Å². The molecule has 0 radical (unpaired) electrons. The molecule has 1 aliphatic carbocycles. The van der Waals surface area contributed by atoms with E-state index < -0.39 is 5.79 Å². The Labute approximate surface area is 245 Å². The lowest BCUT2D eigenvalue weighted by Gasteiger charge is -2.48. The van der Waals surface area contributed by atoms with Crippen LogP contribution in [-0.4, -0.2) is 20.0 Å². The van der Waals surface area contributed by atoms with Crippen molar-refractivity contribution < 1.29 is 9.47 Å². The van der Waals surface area contributed by atoms with Crippen molar-refractivity contribution in [1.82, 2.24) is 0 Å². The average Bonchev–Trinajstić information content (AvgIpc) is 2.82. The maximum atomic E-state index is 6.45. The predicted octanol–water partition coefficient (Wildman–Crippen LogP) is 11.3. The summed E-state index contributed by atoms with van der Waals surface area (Å²) in [7, 11) is 3.59. The van der Waals surface area contributed by atoms with Crippen LogP contribution in [0.25, 0.3) is 5.57 Å². The first-order valence-electron chi connectivity index (χ1n) is 14.2. The van der Waals surface area contributed by atoms with Crippen molar-refractivity contribution in [3.05, 3.63) is 52.6 Å². The second-order valence-electron chi connectivity index (χ2n) is 12.9. The second-order valence-corrected chi connectivity index (χ2v) is 16.0. The van der Waals surface area contributed by atoms with Gasteiger partial charge in [-0.05, 0) is 45.9 Å². The molecule has 4 heteroatoms. The number of rotatable bonds is 12. The van der Waals surface area contributed by atoms with E-state index in [9.17, 15) is 0 Å². The number of benzene rings is 1. The van der Waals surface area contributed by atoms with Crippen LogP contribution in [0.15, 0.2) is 35.9 Å². The number of ether oxygens (including phenoxy) is 2. The number of unbranched alkanes of at least 4 members (excludes halogenated alkanes) is 4. The van der Waals surface area contributed by atoms with E-state index >= 15 is 0 Å². The number of hydrogen-bond donors (Lipinski definition) is 0. The van der Waals surface area contributed by atoms with Crippen LogP contribution in [0.1, 0.15) is 127 Å². The van der Waals surface area contributed by atoms with E-state index in [-0.39, 0.29) is 20.0 Å². The van der Waals surface area contributed by atoms with E-state index in [2.05, 4.69) is 118 Å². The normalized spacial score (nSPS) is 17.6. The zero-order chi connectivity index (χ0) is 28.1. The molecule has 1 aromatic rings. The SMILES string of the molecule is CCCCCC1(CCCCC)C=C(c2cc(C(C)(C)C)ccc2C(Br)Br)C(OC)(OC)C(C(C)(C)C)=C1. The molecule has 37 heavy (non-hydrogen) atoms. The van der Waals surface area contributed by atoms with Gasteiger partial charge in [0.05, 0.1) is 3.74 Å². The minimum atomic E-state index is -0.947. The van der Waals surface area contributed by atoms with Crippen LogP contribution >= 0.6 is 31.9 Å². The number of methoxy groups -OCH3 is 2. The van der Waals surface area contributed by atoms with Crippen molar-refractivity contribution in [3.63, 3.8) is 0 Å². The lowest BCUT2D eigenvalue weighted by Crippen LogP contribution is -2.46. The Morgan fingerprint density at radius 2 is 1.32 bits per heavy atom. The van der Waals surface area contributed by atoms with Crippen LogP contribution in [0.4, 0.5) is 0 Å². The molecule has 2 rings (SSSR count). The molecule has 0 aromatic heterocycles. The first-order chi connectivity index (χ1) is 17.2. The molecule has 0 N–H and O–H groups in total. The highest BCUT2D eigenvalue weighted by atomic mass is 79.9. The maximum Gasteiger partial charge on any atom is 0.218 e. The number of hydrogen-bond acceptors (Lipinski definition) is 2. The molecule has 1 aliphatic rings. The van der Waals surface area contributed by atoms with E-state index in [1.165, 1.54) is 60.8 Å². The van der Waals surface area contributed by atoms with E-state index in [0.717, 1.165) is 18.4 Å². The monoisotopic (exact) mass is 638 g/mol. The fourth-order valence-corrected chi connectivity index (χ4v) is 6.51. The van der Waals surface area contributed by atoms with Crippen molar-refractivity contribution in [3.8, 4) is 0 Å². The van der Waals surface area contributed by atoms with Gasteiger partial charge in [0, 0.05) is 25.2 Å². The minimum absolute atomic E-state index is 0.0218. The number of alkyl halides is 2. The molecule has 0 spiro atoms. The minimum Gasteiger partial charge on any atom is -0.346 e. The predicted molar refractivity (Wildman–Crippen MR) is 169 cm³/mol. The first-order valence-corrected chi connectivity index (χ1v) is 16.0.